The summed E-state index contributed by atoms with van der Waals surface area (Å²) in [6.07, 6.45) is 0.711. The van der Waals surface area contributed by atoms with Gasteiger partial charge in [0.1, 0.15) is 0 Å². The molecule has 0 radical (unpaired) electrons. The van der Waals surface area contributed by atoms with Crippen LogP contribution in [-0.4, -0.2) is 25.2 Å². The van der Waals surface area contributed by atoms with Gasteiger partial charge in [0.2, 0.25) is 0 Å². The van der Waals surface area contributed by atoms with Crippen molar-refractivity contribution in [3.8, 4) is 5.75 Å². The fourth-order valence-corrected chi connectivity index (χ4v) is 1.12. The highest BCUT2D eigenvalue weighted by atomic mass is 16.6. The zero-order valence-corrected chi connectivity index (χ0v) is 8.51. The summed E-state index contributed by atoms with van der Waals surface area (Å²) < 4.78 is 10.1. The van der Waals surface area contributed by atoms with E-state index in [1.165, 1.54) is 6.07 Å². The topological polar surface area (TPSA) is 61.6 Å². The van der Waals surface area contributed by atoms with Crippen LogP contribution in [0.2, 0.25) is 0 Å². The molecule has 1 aromatic carbocycles. The molecule has 0 aliphatic carbocycles. The van der Waals surface area contributed by atoms with Crippen LogP contribution in [0.15, 0.2) is 24.3 Å². The molecule has 0 aliphatic rings. The maximum absolute atomic E-state index is 10.6. The maximum atomic E-state index is 10.6. The first-order valence-corrected chi connectivity index (χ1v) is 4.61. The van der Waals surface area contributed by atoms with Crippen LogP contribution in [0.4, 0.5) is 5.69 Å². The predicted molar refractivity (Wildman–Crippen MR) is 55.1 cm³/mol. The predicted octanol–water partition coefficient (Wildman–Crippen LogP) is 2.01. The first-order valence-electron chi connectivity index (χ1n) is 4.61. The molecule has 0 fully saturated rings. The molecule has 0 aromatic heterocycles. The molecule has 1 rings (SSSR count). The van der Waals surface area contributed by atoms with Crippen molar-refractivity contribution in [1.29, 1.82) is 0 Å². The van der Waals surface area contributed by atoms with Gasteiger partial charge in [-0.3, -0.25) is 10.1 Å². The third-order valence-corrected chi connectivity index (χ3v) is 1.81. The molecule has 0 unspecified atom stereocenters. The molecule has 0 bridgehead atoms. The van der Waals surface area contributed by atoms with E-state index in [9.17, 15) is 10.1 Å². The van der Waals surface area contributed by atoms with Crippen LogP contribution in [0.1, 0.15) is 6.42 Å². The van der Waals surface area contributed by atoms with Crippen molar-refractivity contribution in [2.45, 2.75) is 6.42 Å². The van der Waals surface area contributed by atoms with Gasteiger partial charge in [0.15, 0.2) is 5.75 Å². The molecule has 0 heterocycles. The van der Waals surface area contributed by atoms with Gasteiger partial charge in [0, 0.05) is 26.2 Å². The summed E-state index contributed by atoms with van der Waals surface area (Å²) in [6, 6.07) is 6.33. The standard InChI is InChI=1S/C10H13NO4/c1-14-7-4-8-15-10-6-3-2-5-9(10)11(12)13/h2-3,5-6H,4,7-8H2,1H3. The highest BCUT2D eigenvalue weighted by Crippen LogP contribution is 2.25. The van der Waals surface area contributed by atoms with Gasteiger partial charge in [-0.25, -0.2) is 0 Å². The van der Waals surface area contributed by atoms with Crippen molar-refractivity contribution in [2.24, 2.45) is 0 Å². The number of para-hydroxylation sites is 2. The average molecular weight is 211 g/mol. The second kappa shape index (κ2) is 5.98. The first kappa shape index (κ1) is 11.5. The number of methoxy groups -OCH3 is 1. The molecule has 1 aromatic rings. The SMILES string of the molecule is COCCCOc1ccccc1[N+](=O)[O-]. The second-order valence-electron chi connectivity index (χ2n) is 2.92. The van der Waals surface area contributed by atoms with E-state index in [-0.39, 0.29) is 5.69 Å². The van der Waals surface area contributed by atoms with Crippen LogP contribution >= 0.6 is 0 Å². The Hall–Kier alpha value is -1.62. The molecule has 5 nitrogen and oxygen atoms in total. The minimum atomic E-state index is -0.453. The van der Waals surface area contributed by atoms with Crippen LogP contribution in [0.25, 0.3) is 0 Å². The van der Waals surface area contributed by atoms with Crippen molar-refractivity contribution in [2.75, 3.05) is 20.3 Å². The van der Waals surface area contributed by atoms with Gasteiger partial charge in [0.25, 0.3) is 0 Å². The zero-order chi connectivity index (χ0) is 11.1. The third kappa shape index (κ3) is 3.55. The van der Waals surface area contributed by atoms with Crippen molar-refractivity contribution in [3.05, 3.63) is 34.4 Å². The summed E-state index contributed by atoms with van der Waals surface area (Å²) >= 11 is 0. The lowest BCUT2D eigenvalue weighted by molar-refractivity contribution is -0.385. The number of nitro benzene ring substituents is 1. The number of benzene rings is 1. The van der Waals surface area contributed by atoms with E-state index in [4.69, 9.17) is 9.47 Å². The Morgan fingerprint density at radius 2 is 2.07 bits per heavy atom. The normalized spacial score (nSPS) is 9.93. The van der Waals surface area contributed by atoms with E-state index in [0.29, 0.717) is 25.4 Å². The molecule has 5 heteroatoms. The summed E-state index contributed by atoms with van der Waals surface area (Å²) in [5.74, 6) is 0.304. The summed E-state index contributed by atoms with van der Waals surface area (Å²) in [4.78, 5) is 10.2. The number of hydrogen-bond donors (Lipinski definition) is 0. The lowest BCUT2D eigenvalue weighted by atomic mass is 10.3. The number of rotatable bonds is 6. The number of nitro groups is 1. The molecule has 0 saturated carbocycles. The molecule has 0 atom stereocenters. The Morgan fingerprint density at radius 1 is 1.33 bits per heavy atom. The monoisotopic (exact) mass is 211 g/mol. The molecule has 0 aliphatic heterocycles. The Balaban J connectivity index is 2.56. The Morgan fingerprint density at radius 3 is 2.73 bits per heavy atom. The summed E-state index contributed by atoms with van der Waals surface area (Å²) in [5, 5.41) is 10.6. The molecule has 0 saturated heterocycles. The van der Waals surface area contributed by atoms with Gasteiger partial charge in [-0.15, -0.1) is 0 Å². The maximum Gasteiger partial charge on any atom is 0.310 e. The second-order valence-corrected chi connectivity index (χ2v) is 2.92. The highest BCUT2D eigenvalue weighted by molar-refractivity contribution is 5.45. The fraction of sp³-hybridized carbons (Fsp3) is 0.400. The van der Waals surface area contributed by atoms with Gasteiger partial charge in [0.05, 0.1) is 11.5 Å². The Labute approximate surface area is 87.8 Å². The van der Waals surface area contributed by atoms with Gasteiger partial charge in [-0.2, -0.15) is 0 Å². The molecule has 15 heavy (non-hydrogen) atoms. The Bertz CT molecular complexity index is 327. The van der Waals surface area contributed by atoms with E-state index in [1.807, 2.05) is 0 Å². The summed E-state index contributed by atoms with van der Waals surface area (Å²) in [6.45, 7) is 0.999. The number of nitrogens with zero attached hydrogens (tertiary/aromatic N) is 1. The average Bonchev–Trinajstić information content (AvgIpc) is 2.25. The lowest BCUT2D eigenvalue weighted by Gasteiger charge is -2.05. The Kier molecular flexibility index (Phi) is 4.56. The van der Waals surface area contributed by atoms with E-state index in [0.717, 1.165) is 0 Å². The van der Waals surface area contributed by atoms with Gasteiger partial charge < -0.3 is 9.47 Å². The molecular weight excluding hydrogens is 198 g/mol. The smallest absolute Gasteiger partial charge is 0.310 e. The van der Waals surface area contributed by atoms with Crippen molar-refractivity contribution >= 4 is 5.69 Å². The summed E-state index contributed by atoms with van der Waals surface area (Å²) in [7, 11) is 1.60. The van der Waals surface area contributed by atoms with Gasteiger partial charge in [-0.05, 0) is 6.07 Å². The zero-order valence-electron chi connectivity index (χ0n) is 8.51. The van der Waals surface area contributed by atoms with E-state index < -0.39 is 4.92 Å². The lowest BCUT2D eigenvalue weighted by Crippen LogP contribution is -2.03. The molecule has 0 spiro atoms. The van der Waals surface area contributed by atoms with Crippen LogP contribution in [0.3, 0.4) is 0 Å². The highest BCUT2D eigenvalue weighted by Gasteiger charge is 2.12. The largest absolute Gasteiger partial charge is 0.487 e. The van der Waals surface area contributed by atoms with E-state index in [2.05, 4.69) is 0 Å². The minimum Gasteiger partial charge on any atom is -0.487 e. The van der Waals surface area contributed by atoms with Gasteiger partial charge >= 0.3 is 5.69 Å². The quantitative estimate of drug-likeness (QED) is 0.410. The molecular formula is C10H13NO4. The molecule has 0 N–H and O–H groups in total. The third-order valence-electron chi connectivity index (χ3n) is 1.81. The van der Waals surface area contributed by atoms with Gasteiger partial charge in [-0.1, -0.05) is 12.1 Å². The molecule has 0 amide bonds. The van der Waals surface area contributed by atoms with Crippen molar-refractivity contribution in [1.82, 2.24) is 0 Å². The molecule has 82 valence electrons. The van der Waals surface area contributed by atoms with Crippen molar-refractivity contribution < 1.29 is 14.4 Å². The van der Waals surface area contributed by atoms with E-state index in [1.54, 1.807) is 25.3 Å². The first-order chi connectivity index (χ1) is 7.25. The van der Waals surface area contributed by atoms with Crippen LogP contribution < -0.4 is 4.74 Å². The fourth-order valence-electron chi connectivity index (χ4n) is 1.12. The van der Waals surface area contributed by atoms with Crippen LogP contribution in [0, 0.1) is 10.1 Å². The number of ether oxygens (including phenoxy) is 2. The van der Waals surface area contributed by atoms with Crippen LogP contribution in [0.5, 0.6) is 5.75 Å². The van der Waals surface area contributed by atoms with E-state index >= 15 is 0 Å². The minimum absolute atomic E-state index is 0.00471. The number of hydrogen-bond acceptors (Lipinski definition) is 4. The summed E-state index contributed by atoms with van der Waals surface area (Å²) in [5.41, 5.74) is -0.00471. The van der Waals surface area contributed by atoms with Crippen molar-refractivity contribution in [3.63, 3.8) is 0 Å². The van der Waals surface area contributed by atoms with Crippen LogP contribution in [-0.2, 0) is 4.74 Å².